The average molecular weight is 395 g/mol. The summed E-state index contributed by atoms with van der Waals surface area (Å²) >= 11 is 1.24. The van der Waals surface area contributed by atoms with Crippen LogP contribution >= 0.6 is 11.8 Å². The van der Waals surface area contributed by atoms with Crippen LogP contribution in [0.5, 0.6) is 5.75 Å². The zero-order valence-corrected chi connectivity index (χ0v) is 16.5. The van der Waals surface area contributed by atoms with E-state index < -0.39 is 5.97 Å². The van der Waals surface area contributed by atoms with Gasteiger partial charge in [0.2, 0.25) is 0 Å². The van der Waals surface area contributed by atoms with Crippen LogP contribution in [0.3, 0.4) is 0 Å². The Labute approximate surface area is 168 Å². The van der Waals surface area contributed by atoms with E-state index in [1.165, 1.54) is 11.8 Å². The van der Waals surface area contributed by atoms with Crippen LogP contribution in [0.1, 0.15) is 19.4 Å². The van der Waals surface area contributed by atoms with Gasteiger partial charge in [0.1, 0.15) is 22.1 Å². The zero-order chi connectivity index (χ0) is 19.9. The lowest BCUT2D eigenvalue weighted by Crippen LogP contribution is -2.12. The van der Waals surface area contributed by atoms with Gasteiger partial charge in [0.15, 0.2) is 0 Å². The molecule has 0 bridgehead atoms. The average Bonchev–Trinajstić information content (AvgIpc) is 2.99. The highest BCUT2D eigenvalue weighted by atomic mass is 32.2. The number of hydrogen-bond donors (Lipinski definition) is 1. The maximum atomic E-state index is 12.4. The Balaban J connectivity index is 1.97. The van der Waals surface area contributed by atoms with E-state index in [1.54, 1.807) is 19.1 Å². The fourth-order valence-electron chi connectivity index (χ4n) is 2.59. The first-order valence-electron chi connectivity index (χ1n) is 8.99. The summed E-state index contributed by atoms with van der Waals surface area (Å²) in [6.45, 7) is 4.44. The molecule has 28 heavy (non-hydrogen) atoms. The lowest BCUT2D eigenvalue weighted by atomic mass is 10.1. The molecule has 0 saturated heterocycles. The molecule has 1 aliphatic rings. The summed E-state index contributed by atoms with van der Waals surface area (Å²) in [6.07, 6.45) is 1.82. The predicted octanol–water partition coefficient (Wildman–Crippen LogP) is 5.28. The van der Waals surface area contributed by atoms with Crippen molar-refractivity contribution >= 4 is 34.5 Å². The van der Waals surface area contributed by atoms with Gasteiger partial charge in [0.25, 0.3) is 0 Å². The minimum Gasteiger partial charge on any atom is -0.506 e. The summed E-state index contributed by atoms with van der Waals surface area (Å²) in [6, 6.07) is 16.8. The number of esters is 1. The quantitative estimate of drug-likeness (QED) is 0.674. The van der Waals surface area contributed by atoms with Gasteiger partial charge in [-0.2, -0.15) is 0 Å². The number of benzene rings is 2. The molecule has 0 saturated carbocycles. The third-order valence-electron chi connectivity index (χ3n) is 3.85. The number of aliphatic hydroxyl groups excluding tert-OH is 1. The summed E-state index contributed by atoms with van der Waals surface area (Å²) in [5.41, 5.74) is 1.66. The van der Waals surface area contributed by atoms with Crippen LogP contribution in [-0.2, 0) is 9.53 Å². The molecule has 2 aromatic rings. The second-order valence-electron chi connectivity index (χ2n) is 5.81. The Morgan fingerprint density at radius 2 is 1.79 bits per heavy atom. The van der Waals surface area contributed by atoms with Gasteiger partial charge >= 0.3 is 5.97 Å². The first-order chi connectivity index (χ1) is 13.6. The smallest absolute Gasteiger partial charge is 0.344 e. The molecular formula is C22H21NO4S. The van der Waals surface area contributed by atoms with Gasteiger partial charge in [-0.05, 0) is 49.8 Å². The molecule has 0 aromatic heterocycles. The number of aliphatic imine (C=N–C) groups is 1. The highest BCUT2D eigenvalue weighted by Crippen LogP contribution is 2.40. The summed E-state index contributed by atoms with van der Waals surface area (Å²) < 4.78 is 10.6. The van der Waals surface area contributed by atoms with Gasteiger partial charge in [-0.1, -0.05) is 42.1 Å². The number of aliphatic hydroxyl groups is 1. The molecule has 0 spiro atoms. The van der Waals surface area contributed by atoms with E-state index in [1.807, 2.05) is 55.5 Å². The van der Waals surface area contributed by atoms with Gasteiger partial charge in [-0.3, -0.25) is 0 Å². The minimum absolute atomic E-state index is 0.0860. The largest absolute Gasteiger partial charge is 0.506 e. The van der Waals surface area contributed by atoms with Gasteiger partial charge in [0, 0.05) is 0 Å². The number of thioether (sulfide) groups is 1. The summed E-state index contributed by atoms with van der Waals surface area (Å²) in [4.78, 5) is 17.5. The molecule has 1 N–H and O–H groups in total. The van der Waals surface area contributed by atoms with E-state index in [4.69, 9.17) is 9.47 Å². The Kier molecular flexibility index (Phi) is 6.55. The third kappa shape index (κ3) is 4.64. The van der Waals surface area contributed by atoms with Gasteiger partial charge in [-0.25, -0.2) is 9.79 Å². The standard InChI is InChI=1S/C22H21NO4S/c1-3-26-17-12-10-16(11-13-17)23-21-19(22(25)27-4-2)20(24)18(28-21)14-15-8-6-5-7-9-15/h5-14,24H,3-4H2,1-2H3/b18-14+,23-21?. The molecule has 144 valence electrons. The van der Waals surface area contributed by atoms with E-state index >= 15 is 0 Å². The normalized spacial score (nSPS) is 16.6. The maximum absolute atomic E-state index is 12.4. The highest BCUT2D eigenvalue weighted by Gasteiger charge is 2.33. The van der Waals surface area contributed by atoms with Crippen LogP contribution in [-0.4, -0.2) is 29.3 Å². The second kappa shape index (κ2) is 9.28. The molecule has 6 heteroatoms. The fourth-order valence-corrected chi connectivity index (χ4v) is 3.63. The van der Waals surface area contributed by atoms with E-state index in [2.05, 4.69) is 4.99 Å². The Morgan fingerprint density at radius 3 is 2.43 bits per heavy atom. The number of hydrogen-bond acceptors (Lipinski definition) is 6. The lowest BCUT2D eigenvalue weighted by molar-refractivity contribution is -0.138. The van der Waals surface area contributed by atoms with Crippen LogP contribution in [0.4, 0.5) is 5.69 Å². The summed E-state index contributed by atoms with van der Waals surface area (Å²) in [5, 5.41) is 11.1. The zero-order valence-electron chi connectivity index (χ0n) is 15.7. The second-order valence-corrected chi connectivity index (χ2v) is 6.84. The molecule has 0 atom stereocenters. The Morgan fingerprint density at radius 1 is 1.07 bits per heavy atom. The van der Waals surface area contributed by atoms with Crippen LogP contribution < -0.4 is 4.74 Å². The highest BCUT2D eigenvalue weighted by molar-refractivity contribution is 8.18. The monoisotopic (exact) mass is 395 g/mol. The maximum Gasteiger partial charge on any atom is 0.344 e. The molecule has 0 radical (unpaired) electrons. The summed E-state index contributed by atoms with van der Waals surface area (Å²) in [5.74, 6) is 0.0461. The molecule has 5 nitrogen and oxygen atoms in total. The molecular weight excluding hydrogens is 374 g/mol. The number of nitrogens with zero attached hydrogens (tertiary/aromatic N) is 1. The predicted molar refractivity (Wildman–Crippen MR) is 113 cm³/mol. The fraction of sp³-hybridized carbons (Fsp3) is 0.182. The number of rotatable bonds is 6. The van der Waals surface area contributed by atoms with Crippen LogP contribution in [0, 0.1) is 0 Å². The van der Waals surface area contributed by atoms with Crippen LogP contribution in [0.15, 0.2) is 75.8 Å². The Hall–Kier alpha value is -2.99. The van der Waals surface area contributed by atoms with Crippen LogP contribution in [0.25, 0.3) is 6.08 Å². The van der Waals surface area contributed by atoms with E-state index in [-0.39, 0.29) is 17.9 Å². The lowest BCUT2D eigenvalue weighted by Gasteiger charge is -2.05. The van der Waals surface area contributed by atoms with Crippen molar-refractivity contribution in [1.29, 1.82) is 0 Å². The van der Waals surface area contributed by atoms with Crippen molar-refractivity contribution in [2.75, 3.05) is 13.2 Å². The molecule has 1 heterocycles. The first-order valence-corrected chi connectivity index (χ1v) is 9.81. The van der Waals surface area contributed by atoms with E-state index in [9.17, 15) is 9.90 Å². The molecule has 1 aliphatic heterocycles. The van der Waals surface area contributed by atoms with Crippen LogP contribution in [0.2, 0.25) is 0 Å². The molecule has 0 aliphatic carbocycles. The van der Waals surface area contributed by atoms with Crippen molar-refractivity contribution in [1.82, 2.24) is 0 Å². The van der Waals surface area contributed by atoms with Crippen molar-refractivity contribution < 1.29 is 19.4 Å². The first kappa shape index (κ1) is 19.8. The number of ether oxygens (including phenoxy) is 2. The van der Waals surface area contributed by atoms with Crippen molar-refractivity contribution in [3.63, 3.8) is 0 Å². The van der Waals surface area contributed by atoms with Gasteiger partial charge in [0.05, 0.1) is 23.8 Å². The van der Waals surface area contributed by atoms with Crippen molar-refractivity contribution in [2.45, 2.75) is 13.8 Å². The van der Waals surface area contributed by atoms with Gasteiger partial charge in [-0.15, -0.1) is 0 Å². The summed E-state index contributed by atoms with van der Waals surface area (Å²) in [7, 11) is 0. The SMILES string of the molecule is CCOC(=O)C1=C(O)/C(=C\c2ccccc2)SC1=Nc1ccc(OCC)cc1. The molecule has 3 rings (SSSR count). The molecule has 2 aromatic carbocycles. The van der Waals surface area contributed by atoms with E-state index in [0.29, 0.717) is 22.2 Å². The molecule has 0 amide bonds. The van der Waals surface area contributed by atoms with Gasteiger partial charge < -0.3 is 14.6 Å². The van der Waals surface area contributed by atoms with Crippen molar-refractivity contribution in [3.8, 4) is 5.75 Å². The molecule has 0 fully saturated rings. The van der Waals surface area contributed by atoms with Crippen molar-refractivity contribution in [2.24, 2.45) is 4.99 Å². The molecule has 0 unspecified atom stereocenters. The third-order valence-corrected chi connectivity index (χ3v) is 4.87. The number of carbonyl (C=O) groups excluding carboxylic acids is 1. The topological polar surface area (TPSA) is 68.1 Å². The number of carbonyl (C=O) groups is 1. The minimum atomic E-state index is -0.589. The van der Waals surface area contributed by atoms with E-state index in [0.717, 1.165) is 11.3 Å². The Bertz CT molecular complexity index is 931. The van der Waals surface area contributed by atoms with Crippen molar-refractivity contribution in [3.05, 3.63) is 76.4 Å².